The highest BCUT2D eigenvalue weighted by Gasteiger charge is 2.71. The number of ketones is 2. The molecule has 6 rings (SSSR count). The minimum Gasteiger partial charge on any atom is -0.508 e. The Morgan fingerprint density at radius 2 is 1.93 bits per heavy atom. The molecule has 1 aromatic rings. The minimum atomic E-state index is -1.00. The Morgan fingerprint density at radius 3 is 2.67 bits per heavy atom. The third-order valence-electron chi connectivity index (χ3n) is 10.9. The van der Waals surface area contributed by atoms with Gasteiger partial charge < -0.3 is 25.4 Å². The molecule has 1 amide bonds. The number of carbonyl (C=O) groups is 3. The summed E-state index contributed by atoms with van der Waals surface area (Å²) in [5, 5.41) is 33.2. The van der Waals surface area contributed by atoms with Gasteiger partial charge >= 0.3 is 0 Å². The lowest BCUT2D eigenvalue weighted by molar-refractivity contribution is -0.160. The van der Waals surface area contributed by atoms with E-state index in [-0.39, 0.29) is 58.2 Å². The number of allylic oxidation sites excluding steroid dienone is 1. The second-order valence-electron chi connectivity index (χ2n) is 12.6. The Labute approximate surface area is 238 Å². The fourth-order valence-corrected chi connectivity index (χ4v) is 10.4. The molecule has 40 heavy (non-hydrogen) atoms. The van der Waals surface area contributed by atoms with Crippen molar-refractivity contribution in [3.63, 3.8) is 0 Å². The van der Waals surface area contributed by atoms with Gasteiger partial charge in [-0.05, 0) is 91.4 Å². The molecule has 5 aliphatic rings. The van der Waals surface area contributed by atoms with Gasteiger partial charge in [-0.2, -0.15) is 0 Å². The first-order valence-corrected chi connectivity index (χ1v) is 15.6. The average molecular weight is 570 g/mol. The van der Waals surface area contributed by atoms with Gasteiger partial charge in [0.2, 0.25) is 5.91 Å². The van der Waals surface area contributed by atoms with Gasteiger partial charge in [-0.25, -0.2) is 0 Å². The lowest BCUT2D eigenvalue weighted by Crippen LogP contribution is -2.56. The van der Waals surface area contributed by atoms with Crippen molar-refractivity contribution >= 4 is 29.2 Å². The largest absolute Gasteiger partial charge is 0.508 e. The molecule has 2 bridgehead atoms. The molecule has 8 nitrogen and oxygen atoms in total. The van der Waals surface area contributed by atoms with E-state index in [2.05, 4.69) is 12.2 Å². The van der Waals surface area contributed by atoms with Crippen LogP contribution in [0.25, 0.3) is 0 Å². The molecule has 4 unspecified atom stereocenters. The summed E-state index contributed by atoms with van der Waals surface area (Å²) in [6.07, 6.45) is 4.46. The maximum Gasteiger partial charge on any atom is 0.230 e. The molecule has 4 N–H and O–H groups in total. The van der Waals surface area contributed by atoms with E-state index in [0.29, 0.717) is 38.1 Å². The number of benzene rings is 1. The summed E-state index contributed by atoms with van der Waals surface area (Å²) in [5.74, 6) is 0.457. The predicted octanol–water partition coefficient (Wildman–Crippen LogP) is 3.13. The lowest BCUT2D eigenvalue weighted by Gasteiger charge is -2.57. The third kappa shape index (κ3) is 4.35. The van der Waals surface area contributed by atoms with Gasteiger partial charge in [-0.15, -0.1) is 11.8 Å². The average Bonchev–Trinajstić information content (AvgIpc) is 3.47. The van der Waals surface area contributed by atoms with E-state index in [0.717, 1.165) is 41.7 Å². The molecule has 1 saturated heterocycles. The zero-order valence-electron chi connectivity index (χ0n) is 22.9. The summed E-state index contributed by atoms with van der Waals surface area (Å²) in [7, 11) is 0. The Morgan fingerprint density at radius 1 is 1.15 bits per heavy atom. The van der Waals surface area contributed by atoms with Crippen molar-refractivity contribution in [1.82, 2.24) is 5.32 Å². The number of thioether (sulfide) groups is 1. The molecular formula is C31H39NO7S. The molecule has 0 radical (unpaired) electrons. The highest BCUT2D eigenvalue weighted by molar-refractivity contribution is 8.04. The second kappa shape index (κ2) is 10.6. The number of hydrogen-bond acceptors (Lipinski definition) is 8. The molecule has 3 saturated carbocycles. The van der Waals surface area contributed by atoms with Crippen molar-refractivity contribution < 1.29 is 34.4 Å². The van der Waals surface area contributed by atoms with E-state index in [1.54, 1.807) is 12.1 Å². The number of ether oxygens (including phenoxy) is 1. The highest BCUT2D eigenvalue weighted by Crippen LogP contribution is 2.71. The Hall–Kier alpha value is -2.20. The number of nitrogens with one attached hydrogen (secondary N) is 1. The molecule has 4 fully saturated rings. The Balaban J connectivity index is 1.18. The molecule has 1 aliphatic heterocycles. The van der Waals surface area contributed by atoms with Gasteiger partial charge in [-0.1, -0.05) is 19.1 Å². The van der Waals surface area contributed by atoms with E-state index < -0.39 is 18.3 Å². The molecule has 0 aromatic heterocycles. The fraction of sp³-hybridized carbons (Fsp3) is 0.645. The zero-order chi connectivity index (χ0) is 28.2. The van der Waals surface area contributed by atoms with Crippen LogP contribution in [0, 0.1) is 34.5 Å². The Bertz CT molecular complexity index is 1230. The van der Waals surface area contributed by atoms with Crippen LogP contribution >= 0.6 is 11.8 Å². The molecule has 1 aromatic carbocycles. The van der Waals surface area contributed by atoms with Crippen molar-refractivity contribution in [1.29, 1.82) is 0 Å². The van der Waals surface area contributed by atoms with Crippen LogP contribution < -0.4 is 5.32 Å². The molecule has 1 spiro atoms. The lowest BCUT2D eigenvalue weighted by atomic mass is 9.46. The topological polar surface area (TPSA) is 133 Å². The van der Waals surface area contributed by atoms with Crippen LogP contribution in [0.15, 0.2) is 34.7 Å². The van der Waals surface area contributed by atoms with Gasteiger partial charge in [0.05, 0.1) is 16.8 Å². The van der Waals surface area contributed by atoms with Crippen LogP contribution in [0.4, 0.5) is 0 Å². The summed E-state index contributed by atoms with van der Waals surface area (Å²) in [6.45, 7) is 2.23. The monoisotopic (exact) mass is 569 g/mol. The number of rotatable bonds is 8. The first-order valence-electron chi connectivity index (χ1n) is 14.6. The van der Waals surface area contributed by atoms with Gasteiger partial charge in [0.25, 0.3) is 0 Å². The number of carbonyl (C=O) groups excluding carboxylic acids is 3. The smallest absolute Gasteiger partial charge is 0.230 e. The van der Waals surface area contributed by atoms with Crippen LogP contribution in [0.2, 0.25) is 0 Å². The van der Waals surface area contributed by atoms with Crippen LogP contribution in [0.3, 0.4) is 0 Å². The number of Topliss-reactive ketones (excluding diaryl/α,β-unsaturated/α-hetero) is 2. The van der Waals surface area contributed by atoms with E-state index in [4.69, 9.17) is 4.74 Å². The number of aliphatic hydroxyl groups is 2. The van der Waals surface area contributed by atoms with Crippen LogP contribution in [-0.2, 0) is 25.5 Å². The number of phenolic OH excluding ortho intramolecular Hbond substituents is 1. The van der Waals surface area contributed by atoms with Crippen LogP contribution in [-0.4, -0.2) is 64.1 Å². The number of amides is 1. The van der Waals surface area contributed by atoms with Crippen LogP contribution in [0.1, 0.15) is 57.4 Å². The first kappa shape index (κ1) is 27.9. The van der Waals surface area contributed by atoms with Gasteiger partial charge in [0.1, 0.15) is 12.4 Å². The predicted molar refractivity (Wildman–Crippen MR) is 149 cm³/mol. The van der Waals surface area contributed by atoms with Gasteiger partial charge in [-0.3, -0.25) is 14.4 Å². The van der Waals surface area contributed by atoms with Crippen molar-refractivity contribution in [2.24, 2.45) is 34.5 Å². The second-order valence-corrected chi connectivity index (χ2v) is 13.6. The maximum atomic E-state index is 13.2. The summed E-state index contributed by atoms with van der Waals surface area (Å²) in [6, 6.07) is 6.92. The molecular weight excluding hydrogens is 530 g/mol. The summed E-state index contributed by atoms with van der Waals surface area (Å²) in [4.78, 5) is 39.3. The number of aliphatic hydroxyl groups excluding tert-OH is 2. The molecule has 9 heteroatoms. The number of phenols is 1. The fourth-order valence-electron chi connectivity index (χ4n) is 9.27. The van der Waals surface area contributed by atoms with Crippen LogP contribution in [0.5, 0.6) is 5.75 Å². The zero-order valence-corrected chi connectivity index (χ0v) is 23.8. The quantitative estimate of drug-likeness (QED) is 0.375. The highest BCUT2D eigenvalue weighted by atomic mass is 32.2. The van der Waals surface area contributed by atoms with Crippen molar-refractivity contribution in [2.45, 2.75) is 70.7 Å². The van der Waals surface area contributed by atoms with E-state index in [1.807, 2.05) is 12.1 Å². The molecule has 4 aliphatic carbocycles. The molecule has 216 valence electrons. The van der Waals surface area contributed by atoms with Crippen molar-refractivity contribution in [3.8, 4) is 5.75 Å². The number of hydrogen-bond donors (Lipinski definition) is 4. The number of fused-ring (bicyclic) bond motifs is 6. The van der Waals surface area contributed by atoms with Gasteiger partial charge in [0, 0.05) is 24.3 Å². The summed E-state index contributed by atoms with van der Waals surface area (Å²) < 4.78 is 6.28. The minimum absolute atomic E-state index is 0.110. The third-order valence-corrected chi connectivity index (χ3v) is 12.1. The van der Waals surface area contributed by atoms with Crippen molar-refractivity contribution in [3.05, 3.63) is 40.3 Å². The number of aromatic hydroxyl groups is 1. The molecule has 1 heterocycles. The van der Waals surface area contributed by atoms with E-state index in [1.165, 1.54) is 11.8 Å². The SMILES string of the molecule is C[C@]12CCC(=O)C(SCC(=O)NCCc3ccc(O)cc3)=C1CCC1C3CC[C@H](C(=O)CO)[C@@]34CC(O[C@@H]4O)C12. The summed E-state index contributed by atoms with van der Waals surface area (Å²) >= 11 is 1.35. The molecule has 8 atom stereocenters. The van der Waals surface area contributed by atoms with Crippen molar-refractivity contribution in [2.75, 3.05) is 18.9 Å². The summed E-state index contributed by atoms with van der Waals surface area (Å²) in [5.41, 5.74) is 1.30. The van der Waals surface area contributed by atoms with Gasteiger partial charge in [0.15, 0.2) is 17.9 Å². The van der Waals surface area contributed by atoms with E-state index in [9.17, 15) is 29.7 Å². The van der Waals surface area contributed by atoms with E-state index >= 15 is 0 Å². The normalized spacial score (nSPS) is 38.0. The standard InChI is InChI=1S/C31H39NO7S/c1-30-12-10-23(35)28(40-16-26(37)32-13-11-17-2-4-18(34)5-3-17)22(30)7-6-19-20-8-9-21(24(36)15-33)31(20)14-25(27(19)30)39-29(31)38/h2-5,19-21,25,27,29,33-34,38H,6-16H2,1H3,(H,32,37)/t19?,20?,21-,25?,27?,29+,30+,31-/m1/s1. The Kier molecular flexibility index (Phi) is 7.38. The first-order chi connectivity index (χ1) is 19.2. The maximum absolute atomic E-state index is 13.2.